The molecule has 0 radical (unpaired) electrons. The van der Waals surface area contributed by atoms with E-state index in [1.165, 1.54) is 24.3 Å². The van der Waals surface area contributed by atoms with Crippen molar-refractivity contribution in [1.29, 1.82) is 0 Å². The molecule has 1 fully saturated rings. The Labute approximate surface area is 152 Å². The van der Waals surface area contributed by atoms with E-state index in [2.05, 4.69) is 15.9 Å². The summed E-state index contributed by atoms with van der Waals surface area (Å²) in [6, 6.07) is 13.1. The van der Waals surface area contributed by atoms with E-state index in [1.54, 1.807) is 4.90 Å². The van der Waals surface area contributed by atoms with Crippen LogP contribution >= 0.6 is 15.9 Å². The first-order chi connectivity index (χ1) is 12.0. The molecular weight excluding hydrogens is 392 g/mol. The van der Waals surface area contributed by atoms with Crippen molar-refractivity contribution in [3.05, 3.63) is 68.7 Å². The van der Waals surface area contributed by atoms with Crippen molar-refractivity contribution < 1.29 is 19.2 Å². The van der Waals surface area contributed by atoms with Crippen molar-refractivity contribution in [2.75, 3.05) is 19.7 Å². The number of nitro benzene ring substituents is 1. The van der Waals surface area contributed by atoms with Crippen LogP contribution in [-0.2, 0) is 4.74 Å². The third kappa shape index (κ3) is 4.34. The second-order valence-corrected chi connectivity index (χ2v) is 6.39. The third-order valence-corrected chi connectivity index (χ3v) is 4.35. The topological polar surface area (TPSA) is 81.9 Å². The lowest BCUT2D eigenvalue weighted by Gasteiger charge is -2.32. The molecule has 130 valence electrons. The molecule has 7 nitrogen and oxygen atoms in total. The van der Waals surface area contributed by atoms with Gasteiger partial charge in [-0.3, -0.25) is 10.1 Å². The van der Waals surface area contributed by atoms with Gasteiger partial charge in [0.05, 0.1) is 18.1 Å². The average molecular weight is 407 g/mol. The SMILES string of the molecule is O=C(Oc1ccc([N+](=O)[O-])cc1)N1CCO[C@@H](c2ccc(Br)cc2)C1. The predicted octanol–water partition coefficient (Wildman–Crippen LogP) is 3.93. The zero-order chi connectivity index (χ0) is 17.8. The molecule has 0 spiro atoms. The van der Waals surface area contributed by atoms with Gasteiger partial charge >= 0.3 is 6.09 Å². The highest BCUT2D eigenvalue weighted by Gasteiger charge is 2.26. The number of hydrogen-bond donors (Lipinski definition) is 0. The molecule has 2 aromatic carbocycles. The highest BCUT2D eigenvalue weighted by molar-refractivity contribution is 9.10. The van der Waals surface area contributed by atoms with Gasteiger partial charge in [0.25, 0.3) is 5.69 Å². The van der Waals surface area contributed by atoms with Gasteiger partial charge in [-0.15, -0.1) is 0 Å². The van der Waals surface area contributed by atoms with Crippen LogP contribution in [0.4, 0.5) is 10.5 Å². The minimum atomic E-state index is -0.504. The second kappa shape index (κ2) is 7.62. The summed E-state index contributed by atoms with van der Waals surface area (Å²) in [6.07, 6.45) is -0.717. The average Bonchev–Trinajstić information content (AvgIpc) is 2.63. The lowest BCUT2D eigenvalue weighted by Crippen LogP contribution is -2.43. The normalized spacial score (nSPS) is 17.2. The summed E-state index contributed by atoms with van der Waals surface area (Å²) in [6.45, 7) is 1.22. The molecule has 0 bridgehead atoms. The Morgan fingerprint density at radius 1 is 1.20 bits per heavy atom. The van der Waals surface area contributed by atoms with Crippen molar-refractivity contribution in [2.24, 2.45) is 0 Å². The van der Waals surface area contributed by atoms with Gasteiger partial charge in [-0.2, -0.15) is 0 Å². The molecule has 8 heteroatoms. The van der Waals surface area contributed by atoms with Gasteiger partial charge in [0.15, 0.2) is 0 Å². The molecule has 1 heterocycles. The van der Waals surface area contributed by atoms with Gasteiger partial charge in [-0.1, -0.05) is 28.1 Å². The molecule has 1 atom stereocenters. The molecule has 1 saturated heterocycles. The van der Waals surface area contributed by atoms with E-state index >= 15 is 0 Å². The fourth-order valence-corrected chi connectivity index (χ4v) is 2.76. The summed E-state index contributed by atoms with van der Waals surface area (Å²) in [5.74, 6) is 0.266. The minimum Gasteiger partial charge on any atom is -0.410 e. The Bertz CT molecular complexity index is 764. The van der Waals surface area contributed by atoms with Crippen LogP contribution in [0.1, 0.15) is 11.7 Å². The molecule has 0 unspecified atom stereocenters. The summed E-state index contributed by atoms with van der Waals surface area (Å²) in [5.41, 5.74) is 0.928. The highest BCUT2D eigenvalue weighted by Crippen LogP contribution is 2.25. The molecule has 1 aliphatic rings. The van der Waals surface area contributed by atoms with Crippen LogP contribution in [0, 0.1) is 10.1 Å². The van der Waals surface area contributed by atoms with Gasteiger partial charge in [0, 0.05) is 23.2 Å². The summed E-state index contributed by atoms with van der Waals surface area (Å²) < 4.78 is 12.0. The molecule has 1 amide bonds. The molecule has 25 heavy (non-hydrogen) atoms. The lowest BCUT2D eigenvalue weighted by atomic mass is 10.1. The highest BCUT2D eigenvalue weighted by atomic mass is 79.9. The van der Waals surface area contributed by atoms with E-state index in [-0.39, 0.29) is 17.5 Å². The zero-order valence-corrected chi connectivity index (χ0v) is 14.7. The van der Waals surface area contributed by atoms with Crippen LogP contribution in [0.15, 0.2) is 53.0 Å². The first kappa shape index (κ1) is 17.4. The molecule has 0 N–H and O–H groups in total. The Kier molecular flexibility index (Phi) is 5.30. The zero-order valence-electron chi connectivity index (χ0n) is 13.1. The molecule has 0 saturated carbocycles. The summed E-state index contributed by atoms with van der Waals surface area (Å²) in [5, 5.41) is 10.6. The summed E-state index contributed by atoms with van der Waals surface area (Å²) >= 11 is 3.39. The maximum atomic E-state index is 12.3. The number of amides is 1. The number of hydrogen-bond acceptors (Lipinski definition) is 5. The summed E-state index contributed by atoms with van der Waals surface area (Å²) in [7, 11) is 0. The fourth-order valence-electron chi connectivity index (χ4n) is 2.50. The van der Waals surface area contributed by atoms with E-state index in [0.717, 1.165) is 10.0 Å². The Balaban J connectivity index is 1.63. The number of halogens is 1. The third-order valence-electron chi connectivity index (χ3n) is 3.82. The Morgan fingerprint density at radius 2 is 1.88 bits per heavy atom. The largest absolute Gasteiger partial charge is 0.415 e. The maximum Gasteiger partial charge on any atom is 0.415 e. The smallest absolute Gasteiger partial charge is 0.410 e. The van der Waals surface area contributed by atoms with E-state index < -0.39 is 11.0 Å². The number of carbonyl (C=O) groups is 1. The Hall–Kier alpha value is -2.45. The van der Waals surface area contributed by atoms with Gasteiger partial charge in [0.2, 0.25) is 0 Å². The second-order valence-electron chi connectivity index (χ2n) is 5.48. The van der Waals surface area contributed by atoms with Crippen LogP contribution in [0.2, 0.25) is 0 Å². The summed E-state index contributed by atoms with van der Waals surface area (Å²) in [4.78, 5) is 24.0. The van der Waals surface area contributed by atoms with E-state index in [9.17, 15) is 14.9 Å². The van der Waals surface area contributed by atoms with Crippen LogP contribution in [0.5, 0.6) is 5.75 Å². The predicted molar refractivity (Wildman–Crippen MR) is 93.5 cm³/mol. The van der Waals surface area contributed by atoms with E-state index in [4.69, 9.17) is 9.47 Å². The monoisotopic (exact) mass is 406 g/mol. The number of morpholine rings is 1. The van der Waals surface area contributed by atoms with Gasteiger partial charge in [-0.25, -0.2) is 4.79 Å². The number of nitro groups is 1. The van der Waals surface area contributed by atoms with Crippen molar-refractivity contribution in [3.8, 4) is 5.75 Å². The first-order valence-electron chi connectivity index (χ1n) is 7.61. The van der Waals surface area contributed by atoms with Gasteiger partial charge in [-0.05, 0) is 29.8 Å². The molecule has 3 rings (SSSR count). The standard InChI is InChI=1S/C17H15BrN2O5/c18-13-3-1-12(2-4-13)16-11-19(9-10-24-16)17(21)25-15-7-5-14(6-8-15)20(22)23/h1-8,16H,9-11H2/t16-/m1/s1. The molecule has 0 aliphatic carbocycles. The molecule has 0 aromatic heterocycles. The molecule has 1 aliphatic heterocycles. The van der Waals surface area contributed by atoms with Gasteiger partial charge in [0.1, 0.15) is 11.9 Å². The maximum absolute atomic E-state index is 12.3. The van der Waals surface area contributed by atoms with Crippen molar-refractivity contribution in [2.45, 2.75) is 6.10 Å². The fraction of sp³-hybridized carbons (Fsp3) is 0.235. The van der Waals surface area contributed by atoms with Crippen LogP contribution in [0.3, 0.4) is 0 Å². The number of rotatable bonds is 3. The van der Waals surface area contributed by atoms with Crippen LogP contribution < -0.4 is 4.74 Å². The molecule has 2 aromatic rings. The molecular formula is C17H15BrN2O5. The quantitative estimate of drug-likeness (QED) is 0.569. The first-order valence-corrected chi connectivity index (χ1v) is 8.40. The lowest BCUT2D eigenvalue weighted by molar-refractivity contribution is -0.384. The van der Waals surface area contributed by atoms with Crippen LogP contribution in [-0.4, -0.2) is 35.6 Å². The number of nitrogens with zero attached hydrogens (tertiary/aromatic N) is 2. The van der Waals surface area contributed by atoms with Gasteiger partial charge < -0.3 is 14.4 Å². The minimum absolute atomic E-state index is 0.0542. The number of ether oxygens (including phenoxy) is 2. The Morgan fingerprint density at radius 3 is 2.52 bits per heavy atom. The number of carbonyl (C=O) groups excluding carboxylic acids is 1. The number of non-ortho nitro benzene ring substituents is 1. The van der Waals surface area contributed by atoms with Crippen molar-refractivity contribution >= 4 is 27.7 Å². The number of benzene rings is 2. The van der Waals surface area contributed by atoms with Crippen LogP contribution in [0.25, 0.3) is 0 Å². The van der Waals surface area contributed by atoms with E-state index in [1.807, 2.05) is 24.3 Å². The van der Waals surface area contributed by atoms with Crippen molar-refractivity contribution in [3.63, 3.8) is 0 Å². The van der Waals surface area contributed by atoms with E-state index in [0.29, 0.717) is 19.7 Å². The van der Waals surface area contributed by atoms with Crippen molar-refractivity contribution in [1.82, 2.24) is 4.90 Å².